The lowest BCUT2D eigenvalue weighted by atomic mass is 9.90. The van der Waals surface area contributed by atoms with E-state index in [0.717, 1.165) is 17.7 Å². The van der Waals surface area contributed by atoms with Crippen LogP contribution in [0, 0.1) is 5.92 Å². The zero-order valence-electron chi connectivity index (χ0n) is 21.2. The Labute approximate surface area is 210 Å². The van der Waals surface area contributed by atoms with Crippen molar-refractivity contribution >= 4 is 23.6 Å². The summed E-state index contributed by atoms with van der Waals surface area (Å²) in [7, 11) is 1.42. The van der Waals surface area contributed by atoms with Gasteiger partial charge in [-0.1, -0.05) is 25.3 Å². The predicted molar refractivity (Wildman–Crippen MR) is 132 cm³/mol. The molecule has 0 bridgehead atoms. The number of carbonyl (C=O) groups excluding carboxylic acids is 3. The maximum Gasteiger partial charge on any atom is 0.410 e. The fourth-order valence-electron chi connectivity index (χ4n) is 4.14. The SMILES string of the molecule is CN(CC(N)=O)C(=O)OCc1cccc2nnc([C@@H](COCC3CCCCC3)NC(=O)C(C)(C)N)n12. The maximum absolute atomic E-state index is 12.8. The van der Waals surface area contributed by atoms with E-state index in [1.807, 2.05) is 0 Å². The van der Waals surface area contributed by atoms with E-state index >= 15 is 0 Å². The normalized spacial score (nSPS) is 15.4. The van der Waals surface area contributed by atoms with Crippen LogP contribution in [0.25, 0.3) is 5.65 Å². The van der Waals surface area contributed by atoms with Crippen molar-refractivity contribution in [1.82, 2.24) is 24.8 Å². The molecule has 0 unspecified atom stereocenters. The number of nitrogens with two attached hydrogens (primary N) is 2. The summed E-state index contributed by atoms with van der Waals surface area (Å²) in [4.78, 5) is 37.2. The van der Waals surface area contributed by atoms with Crippen molar-refractivity contribution in [3.05, 3.63) is 29.7 Å². The topological polar surface area (TPSA) is 167 Å². The van der Waals surface area contributed by atoms with Gasteiger partial charge in [-0.2, -0.15) is 0 Å². The molecular formula is C24H37N7O5. The highest BCUT2D eigenvalue weighted by molar-refractivity contribution is 5.85. The molecule has 1 fully saturated rings. The molecule has 12 nitrogen and oxygen atoms in total. The average Bonchev–Trinajstić information content (AvgIpc) is 3.26. The van der Waals surface area contributed by atoms with Gasteiger partial charge in [-0.25, -0.2) is 4.79 Å². The molecule has 0 radical (unpaired) electrons. The van der Waals surface area contributed by atoms with Crippen molar-refractivity contribution in [2.75, 3.05) is 26.8 Å². The number of nitrogens with zero attached hydrogens (tertiary/aromatic N) is 4. The van der Waals surface area contributed by atoms with E-state index in [1.165, 1.54) is 26.3 Å². The van der Waals surface area contributed by atoms with Crippen LogP contribution in [0.5, 0.6) is 0 Å². The van der Waals surface area contributed by atoms with E-state index in [2.05, 4.69) is 15.5 Å². The molecule has 36 heavy (non-hydrogen) atoms. The van der Waals surface area contributed by atoms with E-state index in [9.17, 15) is 14.4 Å². The second-order valence-electron chi connectivity index (χ2n) is 9.94. The Bertz CT molecular complexity index is 1060. The molecule has 0 aromatic carbocycles. The summed E-state index contributed by atoms with van der Waals surface area (Å²) in [6, 6.07) is 4.65. The molecule has 1 atom stereocenters. The van der Waals surface area contributed by atoms with Crippen LogP contribution in [0.4, 0.5) is 4.79 Å². The number of pyridine rings is 1. The van der Waals surface area contributed by atoms with Crippen molar-refractivity contribution in [2.24, 2.45) is 17.4 Å². The predicted octanol–water partition coefficient (Wildman–Crippen LogP) is 1.27. The van der Waals surface area contributed by atoms with Crippen LogP contribution in [0.3, 0.4) is 0 Å². The molecule has 1 aliphatic rings. The van der Waals surface area contributed by atoms with E-state index < -0.39 is 23.6 Å². The first-order valence-corrected chi connectivity index (χ1v) is 12.2. The fourth-order valence-corrected chi connectivity index (χ4v) is 4.14. The van der Waals surface area contributed by atoms with Gasteiger partial charge in [0, 0.05) is 13.7 Å². The van der Waals surface area contributed by atoms with Crippen LogP contribution in [-0.2, 0) is 25.7 Å². The number of rotatable bonds is 11. The minimum absolute atomic E-state index is 0.115. The Morgan fingerprint density at radius 3 is 2.61 bits per heavy atom. The molecular weight excluding hydrogens is 466 g/mol. The van der Waals surface area contributed by atoms with E-state index in [4.69, 9.17) is 20.9 Å². The van der Waals surface area contributed by atoms with Gasteiger partial charge in [-0.15, -0.1) is 10.2 Å². The Kier molecular flexibility index (Phi) is 9.21. The van der Waals surface area contributed by atoms with Crippen LogP contribution < -0.4 is 16.8 Å². The minimum atomic E-state index is -1.11. The minimum Gasteiger partial charge on any atom is -0.443 e. The molecule has 2 heterocycles. The van der Waals surface area contributed by atoms with Crippen LogP contribution in [0.15, 0.2) is 18.2 Å². The second-order valence-corrected chi connectivity index (χ2v) is 9.94. The molecule has 12 heteroatoms. The number of amides is 3. The van der Waals surface area contributed by atoms with E-state index in [0.29, 0.717) is 29.7 Å². The van der Waals surface area contributed by atoms with Crippen molar-refractivity contribution < 1.29 is 23.9 Å². The van der Waals surface area contributed by atoms with Gasteiger partial charge in [0.05, 0.1) is 17.8 Å². The van der Waals surface area contributed by atoms with Crippen LogP contribution in [0.1, 0.15) is 63.5 Å². The third-order valence-electron chi connectivity index (χ3n) is 6.15. The Morgan fingerprint density at radius 2 is 1.94 bits per heavy atom. The summed E-state index contributed by atoms with van der Waals surface area (Å²) in [5.41, 5.74) is 11.2. The summed E-state index contributed by atoms with van der Waals surface area (Å²) in [6.45, 7) is 3.66. The van der Waals surface area contributed by atoms with Crippen LogP contribution in [-0.4, -0.2) is 69.8 Å². The summed E-state index contributed by atoms with van der Waals surface area (Å²) >= 11 is 0. The summed E-state index contributed by atoms with van der Waals surface area (Å²) in [5.74, 6) is -0.0678. The first-order valence-electron chi connectivity index (χ1n) is 12.2. The zero-order chi connectivity index (χ0) is 26.3. The number of likely N-dealkylation sites (N-methyl/N-ethyl adjacent to an activating group) is 1. The molecule has 0 aliphatic heterocycles. The largest absolute Gasteiger partial charge is 0.443 e. The lowest BCUT2D eigenvalue weighted by Crippen LogP contribution is -2.51. The molecule has 2 aromatic rings. The van der Waals surface area contributed by atoms with Gasteiger partial charge < -0.3 is 31.2 Å². The summed E-state index contributed by atoms with van der Waals surface area (Å²) < 4.78 is 13.1. The average molecular weight is 504 g/mol. The van der Waals surface area contributed by atoms with Crippen molar-refractivity contribution in [1.29, 1.82) is 0 Å². The molecule has 2 aromatic heterocycles. The van der Waals surface area contributed by atoms with Crippen LogP contribution in [0.2, 0.25) is 0 Å². The molecule has 3 amide bonds. The second kappa shape index (κ2) is 12.1. The quantitative estimate of drug-likeness (QED) is 0.412. The molecule has 0 saturated heterocycles. The van der Waals surface area contributed by atoms with Crippen molar-refractivity contribution in [3.8, 4) is 0 Å². The maximum atomic E-state index is 12.8. The summed E-state index contributed by atoms with van der Waals surface area (Å²) in [5, 5.41) is 11.5. The van der Waals surface area contributed by atoms with Gasteiger partial charge in [-0.3, -0.25) is 14.0 Å². The lowest BCUT2D eigenvalue weighted by Gasteiger charge is -2.26. The smallest absolute Gasteiger partial charge is 0.410 e. The van der Waals surface area contributed by atoms with Gasteiger partial charge in [0.1, 0.15) is 19.2 Å². The van der Waals surface area contributed by atoms with Crippen LogP contribution >= 0.6 is 0 Å². The van der Waals surface area contributed by atoms with Gasteiger partial charge >= 0.3 is 6.09 Å². The Hall–Kier alpha value is -3.25. The van der Waals surface area contributed by atoms with E-state index in [-0.39, 0.29) is 25.7 Å². The lowest BCUT2D eigenvalue weighted by molar-refractivity contribution is -0.126. The third-order valence-corrected chi connectivity index (χ3v) is 6.15. The van der Waals surface area contributed by atoms with Gasteiger partial charge in [0.2, 0.25) is 11.8 Å². The molecule has 5 N–H and O–H groups in total. The van der Waals surface area contributed by atoms with Gasteiger partial charge in [0.15, 0.2) is 11.5 Å². The highest BCUT2D eigenvalue weighted by Gasteiger charge is 2.29. The molecule has 3 rings (SSSR count). The van der Waals surface area contributed by atoms with E-state index in [1.54, 1.807) is 36.4 Å². The number of hydrogen-bond acceptors (Lipinski definition) is 8. The number of fused-ring (bicyclic) bond motifs is 1. The monoisotopic (exact) mass is 503 g/mol. The van der Waals surface area contributed by atoms with Gasteiger partial charge in [0.25, 0.3) is 0 Å². The number of hydrogen-bond donors (Lipinski definition) is 3. The van der Waals surface area contributed by atoms with Crippen molar-refractivity contribution in [2.45, 2.75) is 64.1 Å². The number of aromatic nitrogens is 3. The molecule has 1 aliphatic carbocycles. The standard InChI is InChI=1S/C24H37N7O5/c1-24(2,26)22(33)27-18(15-35-13-16-8-5-4-6-9-16)21-29-28-20-11-7-10-17(31(20)21)14-36-23(34)30(3)12-19(25)32/h7,10-11,16,18H,4-6,8-9,12-15,26H2,1-3H3,(H2,25,32)(H,27,33)/t18-/m1/s1. The fraction of sp³-hybridized carbons (Fsp3) is 0.625. The Balaban J connectivity index is 1.81. The van der Waals surface area contributed by atoms with Gasteiger partial charge in [-0.05, 0) is 44.7 Å². The highest BCUT2D eigenvalue weighted by Crippen LogP contribution is 2.24. The molecule has 1 saturated carbocycles. The third kappa shape index (κ3) is 7.37. The number of nitrogens with one attached hydrogen (secondary N) is 1. The number of carbonyl (C=O) groups is 3. The first kappa shape index (κ1) is 27.3. The zero-order valence-corrected chi connectivity index (χ0v) is 21.2. The molecule has 0 spiro atoms. The number of ether oxygens (including phenoxy) is 2. The van der Waals surface area contributed by atoms with Crippen molar-refractivity contribution in [3.63, 3.8) is 0 Å². The first-order chi connectivity index (χ1) is 17.1. The highest BCUT2D eigenvalue weighted by atomic mass is 16.6. The number of primary amides is 1. The summed E-state index contributed by atoms with van der Waals surface area (Å²) in [6.07, 6.45) is 5.26. The Morgan fingerprint density at radius 1 is 1.22 bits per heavy atom. The molecule has 198 valence electrons.